The Bertz CT molecular complexity index is 340. The number of hydrogen-bond donors (Lipinski definition) is 1. The fourth-order valence-electron chi connectivity index (χ4n) is 1.69. The van der Waals surface area contributed by atoms with E-state index in [4.69, 9.17) is 9.47 Å². The first kappa shape index (κ1) is 14.5. The van der Waals surface area contributed by atoms with Crippen molar-refractivity contribution in [2.75, 3.05) is 27.4 Å². The second-order valence-corrected chi connectivity index (χ2v) is 4.63. The minimum atomic E-state index is 0.388. The normalized spacial score (nSPS) is 12.5. The third kappa shape index (κ3) is 4.30. The molecule has 17 heavy (non-hydrogen) atoms. The van der Waals surface area contributed by atoms with Crippen LogP contribution >= 0.6 is 15.9 Å². The molecule has 0 fully saturated rings. The van der Waals surface area contributed by atoms with Crippen LogP contribution in [0.2, 0.25) is 0 Å². The highest BCUT2D eigenvalue weighted by atomic mass is 79.9. The summed E-state index contributed by atoms with van der Waals surface area (Å²) in [5, 5.41) is 3.29. The van der Waals surface area contributed by atoms with Gasteiger partial charge >= 0.3 is 0 Å². The Morgan fingerprint density at radius 2 is 2.12 bits per heavy atom. The summed E-state index contributed by atoms with van der Waals surface area (Å²) in [5.41, 5.74) is 1.26. The largest absolute Gasteiger partial charge is 0.490 e. The van der Waals surface area contributed by atoms with Gasteiger partial charge in [0.1, 0.15) is 12.4 Å². The fourth-order valence-corrected chi connectivity index (χ4v) is 2.20. The van der Waals surface area contributed by atoms with Crippen LogP contribution in [0.15, 0.2) is 22.7 Å². The maximum atomic E-state index is 5.59. The molecule has 0 heterocycles. The first-order chi connectivity index (χ1) is 8.22. The van der Waals surface area contributed by atoms with Crippen LogP contribution in [0.1, 0.15) is 24.9 Å². The molecule has 0 aliphatic heterocycles. The molecular formula is C13H20BrNO2. The molecule has 0 aliphatic carbocycles. The van der Waals surface area contributed by atoms with Gasteiger partial charge < -0.3 is 14.8 Å². The molecule has 0 saturated carbocycles. The van der Waals surface area contributed by atoms with Crippen molar-refractivity contribution in [1.82, 2.24) is 5.32 Å². The van der Waals surface area contributed by atoms with Gasteiger partial charge in [-0.3, -0.25) is 0 Å². The first-order valence-corrected chi connectivity index (χ1v) is 6.60. The number of methoxy groups -OCH3 is 1. The van der Waals surface area contributed by atoms with Crippen LogP contribution in [0.5, 0.6) is 5.75 Å². The zero-order valence-corrected chi connectivity index (χ0v) is 12.2. The predicted octanol–water partition coefficient (Wildman–Crippen LogP) is 3.14. The smallest absolute Gasteiger partial charge is 0.133 e. The highest BCUT2D eigenvalue weighted by Gasteiger charge is 2.09. The molecule has 1 unspecified atom stereocenters. The Balaban J connectivity index is 2.71. The third-order valence-electron chi connectivity index (χ3n) is 2.66. The van der Waals surface area contributed by atoms with Crippen molar-refractivity contribution in [1.29, 1.82) is 0 Å². The molecular weight excluding hydrogens is 282 g/mol. The van der Waals surface area contributed by atoms with Crippen LogP contribution < -0.4 is 10.1 Å². The topological polar surface area (TPSA) is 30.5 Å². The Labute approximate surface area is 112 Å². The average molecular weight is 302 g/mol. The molecule has 0 amide bonds. The number of rotatable bonds is 7. The molecule has 0 spiro atoms. The molecule has 0 bridgehead atoms. The molecule has 0 saturated heterocycles. The van der Waals surface area contributed by atoms with E-state index < -0.39 is 0 Å². The van der Waals surface area contributed by atoms with Crippen molar-refractivity contribution >= 4 is 15.9 Å². The molecule has 0 aliphatic rings. The number of nitrogens with one attached hydrogen (secondary N) is 1. The zero-order chi connectivity index (χ0) is 12.7. The Kier molecular flexibility index (Phi) is 6.55. The van der Waals surface area contributed by atoms with Crippen molar-refractivity contribution in [2.24, 2.45) is 0 Å². The first-order valence-electron chi connectivity index (χ1n) is 5.81. The molecule has 1 aromatic carbocycles. The Morgan fingerprint density at radius 1 is 1.35 bits per heavy atom. The van der Waals surface area contributed by atoms with Gasteiger partial charge in [0.15, 0.2) is 0 Å². The van der Waals surface area contributed by atoms with Gasteiger partial charge in [0, 0.05) is 13.2 Å². The van der Waals surface area contributed by atoms with E-state index in [0.717, 1.165) is 16.6 Å². The fraction of sp³-hybridized carbons (Fsp3) is 0.538. The number of benzene rings is 1. The lowest BCUT2D eigenvalue weighted by Crippen LogP contribution is -2.15. The van der Waals surface area contributed by atoms with Gasteiger partial charge in [-0.15, -0.1) is 0 Å². The number of hydrogen-bond acceptors (Lipinski definition) is 3. The molecule has 1 rings (SSSR count). The molecule has 96 valence electrons. The van der Waals surface area contributed by atoms with E-state index in [2.05, 4.69) is 40.3 Å². The maximum absolute atomic E-state index is 5.59. The number of ether oxygens (including phenoxy) is 2. The van der Waals surface area contributed by atoms with Gasteiger partial charge in [-0.05, 0) is 47.1 Å². The second-order valence-electron chi connectivity index (χ2n) is 3.78. The van der Waals surface area contributed by atoms with E-state index in [1.165, 1.54) is 5.56 Å². The molecule has 1 aromatic rings. The molecule has 4 heteroatoms. The molecule has 0 aromatic heterocycles. The minimum Gasteiger partial charge on any atom is -0.490 e. The summed E-state index contributed by atoms with van der Waals surface area (Å²) in [6.07, 6.45) is 1.06. The summed E-state index contributed by atoms with van der Waals surface area (Å²) in [6.45, 7) is 3.33. The van der Waals surface area contributed by atoms with Gasteiger partial charge in [-0.25, -0.2) is 0 Å². The van der Waals surface area contributed by atoms with Crippen LogP contribution in [0.3, 0.4) is 0 Å². The highest BCUT2D eigenvalue weighted by molar-refractivity contribution is 9.10. The van der Waals surface area contributed by atoms with Crippen molar-refractivity contribution in [3.63, 3.8) is 0 Å². The lowest BCUT2D eigenvalue weighted by atomic mass is 10.0. The van der Waals surface area contributed by atoms with E-state index >= 15 is 0 Å². The number of halogens is 1. The summed E-state index contributed by atoms with van der Waals surface area (Å²) in [4.78, 5) is 0. The van der Waals surface area contributed by atoms with Gasteiger partial charge in [0.05, 0.1) is 11.1 Å². The van der Waals surface area contributed by atoms with Crippen LogP contribution in [-0.4, -0.2) is 27.4 Å². The van der Waals surface area contributed by atoms with Crippen LogP contribution in [-0.2, 0) is 4.74 Å². The molecule has 3 nitrogen and oxygen atoms in total. The average Bonchev–Trinajstić information content (AvgIpc) is 2.33. The Morgan fingerprint density at radius 3 is 2.65 bits per heavy atom. The summed E-state index contributed by atoms with van der Waals surface area (Å²) in [5.74, 6) is 0.858. The SMILES string of the molecule is CCC(NC)c1ccc(OCCOC)c(Br)c1. The summed E-state index contributed by atoms with van der Waals surface area (Å²) >= 11 is 3.53. The van der Waals surface area contributed by atoms with Crippen molar-refractivity contribution in [2.45, 2.75) is 19.4 Å². The van der Waals surface area contributed by atoms with Crippen LogP contribution in [0.25, 0.3) is 0 Å². The molecule has 0 radical (unpaired) electrons. The highest BCUT2D eigenvalue weighted by Crippen LogP contribution is 2.29. The Hall–Kier alpha value is -0.580. The predicted molar refractivity (Wildman–Crippen MR) is 73.6 cm³/mol. The standard InChI is InChI=1S/C13H20BrNO2/c1-4-12(15-2)10-5-6-13(11(14)9-10)17-8-7-16-3/h5-6,9,12,15H,4,7-8H2,1-3H3. The quantitative estimate of drug-likeness (QED) is 0.785. The van der Waals surface area contributed by atoms with Gasteiger partial charge in [0.2, 0.25) is 0 Å². The van der Waals surface area contributed by atoms with Crippen LogP contribution in [0, 0.1) is 0 Å². The third-order valence-corrected chi connectivity index (χ3v) is 3.28. The van der Waals surface area contributed by atoms with E-state index in [-0.39, 0.29) is 0 Å². The van der Waals surface area contributed by atoms with Gasteiger partial charge in [-0.1, -0.05) is 13.0 Å². The van der Waals surface area contributed by atoms with Crippen molar-refractivity contribution in [3.8, 4) is 5.75 Å². The second kappa shape index (κ2) is 7.69. The van der Waals surface area contributed by atoms with E-state index in [1.807, 2.05) is 13.1 Å². The lowest BCUT2D eigenvalue weighted by Gasteiger charge is -2.16. The van der Waals surface area contributed by atoms with Gasteiger partial charge in [0.25, 0.3) is 0 Å². The summed E-state index contributed by atoms with van der Waals surface area (Å²) in [7, 11) is 3.64. The van der Waals surface area contributed by atoms with Crippen LogP contribution in [0.4, 0.5) is 0 Å². The van der Waals surface area contributed by atoms with Gasteiger partial charge in [-0.2, -0.15) is 0 Å². The zero-order valence-electron chi connectivity index (χ0n) is 10.6. The molecule has 1 N–H and O–H groups in total. The minimum absolute atomic E-state index is 0.388. The maximum Gasteiger partial charge on any atom is 0.133 e. The molecule has 1 atom stereocenters. The summed E-state index contributed by atoms with van der Waals surface area (Å²) in [6, 6.07) is 6.58. The van der Waals surface area contributed by atoms with Crippen molar-refractivity contribution < 1.29 is 9.47 Å². The van der Waals surface area contributed by atoms with E-state index in [0.29, 0.717) is 19.3 Å². The van der Waals surface area contributed by atoms with E-state index in [9.17, 15) is 0 Å². The summed E-state index contributed by atoms with van der Waals surface area (Å²) < 4.78 is 11.5. The van der Waals surface area contributed by atoms with E-state index in [1.54, 1.807) is 7.11 Å². The van der Waals surface area contributed by atoms with Crippen molar-refractivity contribution in [3.05, 3.63) is 28.2 Å². The lowest BCUT2D eigenvalue weighted by molar-refractivity contribution is 0.146. The monoisotopic (exact) mass is 301 g/mol.